The Morgan fingerprint density at radius 3 is 1.90 bits per heavy atom. The molecular weight excluding hydrogens is 246 g/mol. The molecule has 20 heavy (non-hydrogen) atoms. The fraction of sp³-hybridized carbons (Fsp3) is 0.111. The molecule has 1 aliphatic rings. The molecule has 0 spiro atoms. The lowest BCUT2D eigenvalue weighted by molar-refractivity contribution is 0.0839. The van der Waals surface area contributed by atoms with Crippen molar-refractivity contribution >= 4 is 12.2 Å². The van der Waals surface area contributed by atoms with E-state index >= 15 is 0 Å². The van der Waals surface area contributed by atoms with Gasteiger partial charge in [-0.05, 0) is 28.5 Å². The van der Waals surface area contributed by atoms with Crippen molar-refractivity contribution in [3.8, 4) is 0 Å². The van der Waals surface area contributed by atoms with Crippen molar-refractivity contribution in [2.24, 2.45) is 5.73 Å². The number of rotatable bonds is 2. The third kappa shape index (κ3) is 1.95. The Balaban J connectivity index is 2.28. The second-order valence-corrected chi connectivity index (χ2v) is 5.00. The number of benzene rings is 2. The van der Waals surface area contributed by atoms with Crippen molar-refractivity contribution in [3.63, 3.8) is 0 Å². The summed E-state index contributed by atoms with van der Waals surface area (Å²) in [6.45, 7) is 0. The van der Waals surface area contributed by atoms with Gasteiger partial charge in [0.25, 0.3) is 0 Å². The van der Waals surface area contributed by atoms with Gasteiger partial charge in [0, 0.05) is 6.42 Å². The predicted octanol–water partition coefficient (Wildman–Crippen LogP) is 3.27. The van der Waals surface area contributed by atoms with E-state index in [-0.39, 0.29) is 0 Å². The van der Waals surface area contributed by atoms with Crippen molar-refractivity contribution in [2.45, 2.75) is 12.0 Å². The first-order valence-electron chi connectivity index (χ1n) is 6.72. The smallest absolute Gasteiger partial charge is 0.119 e. The van der Waals surface area contributed by atoms with Crippen molar-refractivity contribution < 1.29 is 5.11 Å². The summed E-state index contributed by atoms with van der Waals surface area (Å²) >= 11 is 0. The number of aliphatic hydroxyl groups is 1. The van der Waals surface area contributed by atoms with E-state index in [4.69, 9.17) is 5.73 Å². The highest BCUT2D eigenvalue weighted by molar-refractivity contribution is 5.77. The highest BCUT2D eigenvalue weighted by atomic mass is 16.3. The third-order valence-electron chi connectivity index (χ3n) is 3.80. The molecule has 0 saturated heterocycles. The first-order valence-corrected chi connectivity index (χ1v) is 6.72. The molecule has 0 atom stereocenters. The Bertz CT molecular complexity index is 636. The van der Waals surface area contributed by atoms with E-state index in [1.165, 1.54) is 6.20 Å². The van der Waals surface area contributed by atoms with Crippen molar-refractivity contribution in [1.29, 1.82) is 0 Å². The van der Waals surface area contributed by atoms with Gasteiger partial charge in [0.1, 0.15) is 5.60 Å². The zero-order valence-corrected chi connectivity index (χ0v) is 11.2. The van der Waals surface area contributed by atoms with Gasteiger partial charge in [0.05, 0.1) is 0 Å². The third-order valence-corrected chi connectivity index (χ3v) is 3.80. The molecule has 0 aromatic heterocycles. The summed E-state index contributed by atoms with van der Waals surface area (Å²) < 4.78 is 0. The lowest BCUT2D eigenvalue weighted by Gasteiger charge is -2.30. The molecule has 3 rings (SSSR count). The van der Waals surface area contributed by atoms with Crippen LogP contribution in [0.15, 0.2) is 60.8 Å². The molecule has 0 heterocycles. The van der Waals surface area contributed by atoms with Gasteiger partial charge in [-0.3, -0.25) is 0 Å². The largest absolute Gasteiger partial charge is 0.405 e. The quantitative estimate of drug-likeness (QED) is 0.873. The van der Waals surface area contributed by atoms with Gasteiger partial charge in [-0.2, -0.15) is 0 Å². The lowest BCUT2D eigenvalue weighted by Crippen LogP contribution is -2.28. The number of hydrogen-bond acceptors (Lipinski definition) is 2. The van der Waals surface area contributed by atoms with E-state index in [1.807, 2.05) is 48.5 Å². The molecule has 0 amide bonds. The minimum Gasteiger partial charge on any atom is -0.405 e. The first-order chi connectivity index (χ1) is 9.75. The molecule has 2 nitrogen and oxygen atoms in total. The summed E-state index contributed by atoms with van der Waals surface area (Å²) in [5, 5.41) is 11.3. The molecule has 100 valence electrons. The maximum absolute atomic E-state index is 11.3. The van der Waals surface area contributed by atoms with Crippen LogP contribution in [0.3, 0.4) is 0 Å². The molecule has 2 aromatic rings. The van der Waals surface area contributed by atoms with E-state index in [1.54, 1.807) is 6.08 Å². The van der Waals surface area contributed by atoms with Gasteiger partial charge in [-0.15, -0.1) is 0 Å². The van der Waals surface area contributed by atoms with Crippen LogP contribution in [0.25, 0.3) is 12.2 Å². The molecule has 0 unspecified atom stereocenters. The van der Waals surface area contributed by atoms with Crippen molar-refractivity contribution in [3.05, 3.63) is 83.1 Å². The predicted molar refractivity (Wildman–Crippen MR) is 82.8 cm³/mol. The van der Waals surface area contributed by atoms with Crippen LogP contribution in [0.5, 0.6) is 0 Å². The van der Waals surface area contributed by atoms with Crippen LogP contribution in [-0.4, -0.2) is 5.11 Å². The number of nitrogens with two attached hydrogens (primary N) is 1. The average molecular weight is 263 g/mol. The molecular formula is C18H17NO. The Kier molecular flexibility index (Phi) is 3.17. The second kappa shape index (κ2) is 4.99. The van der Waals surface area contributed by atoms with Gasteiger partial charge < -0.3 is 10.8 Å². The Hall–Kier alpha value is -2.32. The monoisotopic (exact) mass is 263 g/mol. The molecule has 0 bridgehead atoms. The van der Waals surface area contributed by atoms with Crippen LogP contribution in [0.4, 0.5) is 0 Å². The number of hydrogen-bond donors (Lipinski definition) is 2. The Morgan fingerprint density at radius 1 is 0.900 bits per heavy atom. The standard InChI is InChI=1S/C18H17NO/c19-13-5-12-18(20)16-8-3-1-6-14(16)10-11-15-7-2-4-9-17(15)18/h1-11,13,20H,12,19H2. The van der Waals surface area contributed by atoms with Crippen LogP contribution in [0.1, 0.15) is 28.7 Å². The van der Waals surface area contributed by atoms with Crippen molar-refractivity contribution in [1.82, 2.24) is 0 Å². The molecule has 1 aliphatic carbocycles. The summed E-state index contributed by atoms with van der Waals surface area (Å²) in [5.74, 6) is 0. The van der Waals surface area contributed by atoms with E-state index in [9.17, 15) is 5.11 Å². The fourth-order valence-corrected chi connectivity index (χ4v) is 2.82. The highest BCUT2D eigenvalue weighted by Crippen LogP contribution is 2.40. The van der Waals surface area contributed by atoms with E-state index in [0.717, 1.165) is 22.3 Å². The molecule has 0 saturated carbocycles. The summed E-state index contributed by atoms with van der Waals surface area (Å²) in [4.78, 5) is 0. The second-order valence-electron chi connectivity index (χ2n) is 5.00. The molecule has 2 aromatic carbocycles. The number of fused-ring (bicyclic) bond motifs is 2. The first kappa shape index (κ1) is 12.7. The van der Waals surface area contributed by atoms with Gasteiger partial charge in [-0.1, -0.05) is 66.8 Å². The van der Waals surface area contributed by atoms with E-state index in [0.29, 0.717) is 6.42 Å². The average Bonchev–Trinajstić information content (AvgIpc) is 2.62. The lowest BCUT2D eigenvalue weighted by atomic mass is 9.81. The Morgan fingerprint density at radius 2 is 1.40 bits per heavy atom. The molecule has 2 heteroatoms. The highest BCUT2D eigenvalue weighted by Gasteiger charge is 2.34. The zero-order valence-electron chi connectivity index (χ0n) is 11.2. The summed E-state index contributed by atoms with van der Waals surface area (Å²) in [6, 6.07) is 15.9. The van der Waals surface area contributed by atoms with Gasteiger partial charge in [0.2, 0.25) is 0 Å². The Labute approximate surface area is 118 Å². The van der Waals surface area contributed by atoms with Gasteiger partial charge >= 0.3 is 0 Å². The van der Waals surface area contributed by atoms with Gasteiger partial charge in [0.15, 0.2) is 0 Å². The van der Waals surface area contributed by atoms with Crippen LogP contribution in [0, 0.1) is 0 Å². The van der Waals surface area contributed by atoms with E-state index < -0.39 is 5.60 Å². The fourth-order valence-electron chi connectivity index (χ4n) is 2.82. The molecule has 0 aliphatic heterocycles. The topological polar surface area (TPSA) is 46.2 Å². The van der Waals surface area contributed by atoms with Crippen LogP contribution >= 0.6 is 0 Å². The maximum Gasteiger partial charge on any atom is 0.119 e. The van der Waals surface area contributed by atoms with Crippen LogP contribution < -0.4 is 5.73 Å². The van der Waals surface area contributed by atoms with Gasteiger partial charge in [-0.25, -0.2) is 0 Å². The molecule has 0 radical (unpaired) electrons. The van der Waals surface area contributed by atoms with Crippen LogP contribution in [-0.2, 0) is 5.60 Å². The zero-order chi connectivity index (χ0) is 14.0. The maximum atomic E-state index is 11.3. The normalized spacial score (nSPS) is 15.7. The summed E-state index contributed by atoms with van der Waals surface area (Å²) in [6.07, 6.45) is 7.86. The summed E-state index contributed by atoms with van der Waals surface area (Å²) in [5.41, 5.74) is 8.34. The van der Waals surface area contributed by atoms with E-state index in [2.05, 4.69) is 12.2 Å². The SMILES string of the molecule is NC=CCC1(O)c2ccccc2C=Cc2ccccc21. The molecule has 0 fully saturated rings. The van der Waals surface area contributed by atoms with Crippen LogP contribution in [0.2, 0.25) is 0 Å². The summed E-state index contributed by atoms with van der Waals surface area (Å²) in [7, 11) is 0. The minimum atomic E-state index is -1.05. The van der Waals surface area contributed by atoms with Crippen molar-refractivity contribution in [2.75, 3.05) is 0 Å². The minimum absolute atomic E-state index is 0.458. The molecule has 3 N–H and O–H groups in total.